The lowest BCUT2D eigenvalue weighted by atomic mass is 9.86. The number of aryl methyl sites for hydroxylation is 2. The first-order valence-electron chi connectivity index (χ1n) is 11.0. The predicted molar refractivity (Wildman–Crippen MR) is 116 cm³/mol. The molecule has 6 nitrogen and oxygen atoms in total. The number of esters is 1. The van der Waals surface area contributed by atoms with E-state index in [4.69, 9.17) is 9.47 Å². The van der Waals surface area contributed by atoms with Gasteiger partial charge in [0.1, 0.15) is 5.60 Å². The lowest BCUT2D eigenvalue weighted by molar-refractivity contribution is -0.147. The highest BCUT2D eigenvalue weighted by atomic mass is 16.6. The molecule has 2 aliphatic heterocycles. The van der Waals surface area contributed by atoms with Crippen LogP contribution in [-0.2, 0) is 20.8 Å². The van der Waals surface area contributed by atoms with Gasteiger partial charge in [-0.1, -0.05) is 12.1 Å². The Morgan fingerprint density at radius 1 is 1.07 bits per heavy atom. The van der Waals surface area contributed by atoms with Crippen molar-refractivity contribution >= 4 is 12.1 Å². The molecule has 0 atom stereocenters. The predicted octanol–water partition coefficient (Wildman–Crippen LogP) is 4.02. The number of rotatable bonds is 4. The van der Waals surface area contributed by atoms with E-state index in [1.165, 1.54) is 29.4 Å². The number of methoxy groups -OCH3 is 1. The zero-order chi connectivity index (χ0) is 22.1. The number of nitrogens with zero attached hydrogens (tertiary/aromatic N) is 2. The minimum absolute atomic E-state index is 0.0444. The normalized spacial score (nSPS) is 18.8. The molecular weight excluding hydrogens is 380 g/mol. The average molecular weight is 417 g/mol. The lowest BCUT2D eigenvalue weighted by Gasteiger charge is -2.41. The summed E-state index contributed by atoms with van der Waals surface area (Å²) in [5, 5.41) is 0. The minimum atomic E-state index is -0.457. The molecule has 0 radical (unpaired) electrons. The van der Waals surface area contributed by atoms with E-state index in [9.17, 15) is 9.59 Å². The summed E-state index contributed by atoms with van der Waals surface area (Å²) >= 11 is 0. The van der Waals surface area contributed by atoms with Crippen LogP contribution in [-0.4, -0.2) is 60.8 Å². The monoisotopic (exact) mass is 416 g/mol. The molecule has 1 amide bonds. The number of carbonyl (C=O) groups is 2. The highest BCUT2D eigenvalue weighted by Gasteiger charge is 2.35. The molecule has 1 aromatic rings. The highest BCUT2D eigenvalue weighted by Crippen LogP contribution is 2.32. The van der Waals surface area contributed by atoms with Crippen LogP contribution in [0.4, 0.5) is 4.79 Å². The fraction of sp³-hybridized carbons (Fsp3) is 0.667. The quantitative estimate of drug-likeness (QED) is 0.694. The van der Waals surface area contributed by atoms with Gasteiger partial charge in [-0.2, -0.15) is 0 Å². The fourth-order valence-electron chi connectivity index (χ4n) is 4.39. The number of carbonyl (C=O) groups excluding carboxylic acids is 2. The van der Waals surface area contributed by atoms with E-state index >= 15 is 0 Å². The van der Waals surface area contributed by atoms with E-state index in [-0.39, 0.29) is 18.0 Å². The van der Waals surface area contributed by atoms with Crippen molar-refractivity contribution in [2.24, 2.45) is 5.92 Å². The first-order chi connectivity index (χ1) is 14.1. The number of ether oxygens (including phenoxy) is 2. The second-order valence-corrected chi connectivity index (χ2v) is 9.79. The van der Waals surface area contributed by atoms with Crippen molar-refractivity contribution in [2.45, 2.75) is 65.5 Å². The first kappa shape index (κ1) is 22.6. The van der Waals surface area contributed by atoms with Gasteiger partial charge in [0.2, 0.25) is 0 Å². The van der Waals surface area contributed by atoms with E-state index in [0.29, 0.717) is 5.92 Å². The standard InChI is InChI=1S/C24H36N2O4/c1-16-12-21(20-14-26(15-20)23(28)30-24(3,4)5)17(2)11-19(16)13-25-9-7-18(8-10-25)22(27)29-6/h11-12,18,20H,7-10,13-15H2,1-6H3. The molecule has 0 N–H and O–H groups in total. The van der Waals surface area contributed by atoms with Crippen LogP contribution in [0.15, 0.2) is 12.1 Å². The zero-order valence-corrected chi connectivity index (χ0v) is 19.3. The SMILES string of the molecule is COC(=O)C1CCN(Cc2cc(C)c(C3CN(C(=O)OC(C)(C)C)C3)cc2C)CC1. The van der Waals surface area contributed by atoms with Crippen LogP contribution in [0.25, 0.3) is 0 Å². The third-order valence-electron chi connectivity index (χ3n) is 6.21. The Labute approximate surface area is 180 Å². The van der Waals surface area contributed by atoms with Crippen LogP contribution in [0.3, 0.4) is 0 Å². The maximum atomic E-state index is 12.2. The number of benzene rings is 1. The molecule has 0 bridgehead atoms. The summed E-state index contributed by atoms with van der Waals surface area (Å²) in [7, 11) is 1.47. The molecule has 2 aliphatic rings. The van der Waals surface area contributed by atoms with Crippen molar-refractivity contribution in [3.8, 4) is 0 Å². The third-order valence-corrected chi connectivity index (χ3v) is 6.21. The molecule has 30 heavy (non-hydrogen) atoms. The molecule has 0 saturated carbocycles. The summed E-state index contributed by atoms with van der Waals surface area (Å²) in [6.45, 7) is 14.2. The smallest absolute Gasteiger partial charge is 0.410 e. The van der Waals surface area contributed by atoms with Crippen molar-refractivity contribution in [3.63, 3.8) is 0 Å². The van der Waals surface area contributed by atoms with Crippen LogP contribution in [0.5, 0.6) is 0 Å². The Morgan fingerprint density at radius 2 is 1.70 bits per heavy atom. The third kappa shape index (κ3) is 5.34. The second kappa shape index (κ2) is 8.96. The van der Waals surface area contributed by atoms with Gasteiger partial charge in [0, 0.05) is 25.6 Å². The van der Waals surface area contributed by atoms with Gasteiger partial charge in [0.05, 0.1) is 13.0 Å². The summed E-state index contributed by atoms with van der Waals surface area (Å²) < 4.78 is 10.4. The molecule has 0 spiro atoms. The summed E-state index contributed by atoms with van der Waals surface area (Å²) in [4.78, 5) is 28.1. The molecule has 2 saturated heterocycles. The Kier molecular flexibility index (Phi) is 6.75. The van der Waals surface area contributed by atoms with E-state index in [0.717, 1.165) is 45.6 Å². The topological polar surface area (TPSA) is 59.1 Å². The summed E-state index contributed by atoms with van der Waals surface area (Å²) in [5.74, 6) is 0.344. The molecule has 1 aromatic carbocycles. The van der Waals surface area contributed by atoms with Crippen molar-refractivity contribution in [3.05, 3.63) is 34.4 Å². The molecular formula is C24H36N2O4. The van der Waals surface area contributed by atoms with Crippen LogP contribution < -0.4 is 0 Å². The van der Waals surface area contributed by atoms with Gasteiger partial charge in [-0.3, -0.25) is 9.69 Å². The number of piperidine rings is 1. The molecule has 2 heterocycles. The van der Waals surface area contributed by atoms with Gasteiger partial charge < -0.3 is 14.4 Å². The molecule has 0 aromatic heterocycles. The first-order valence-corrected chi connectivity index (χ1v) is 11.0. The maximum Gasteiger partial charge on any atom is 0.410 e. The van der Waals surface area contributed by atoms with Gasteiger partial charge in [-0.25, -0.2) is 4.79 Å². The summed E-state index contributed by atoms with van der Waals surface area (Å²) in [6.07, 6.45) is 1.51. The van der Waals surface area contributed by atoms with E-state index in [2.05, 4.69) is 30.9 Å². The van der Waals surface area contributed by atoms with E-state index in [1.54, 1.807) is 4.90 Å². The molecule has 0 aliphatic carbocycles. The maximum absolute atomic E-state index is 12.2. The van der Waals surface area contributed by atoms with Gasteiger partial charge in [0.15, 0.2) is 0 Å². The van der Waals surface area contributed by atoms with E-state index < -0.39 is 5.60 Å². The Hall–Kier alpha value is -2.08. The molecule has 166 valence electrons. The van der Waals surface area contributed by atoms with Gasteiger partial charge in [0.25, 0.3) is 0 Å². The Balaban J connectivity index is 1.57. The van der Waals surface area contributed by atoms with Crippen LogP contribution >= 0.6 is 0 Å². The van der Waals surface area contributed by atoms with Crippen molar-refractivity contribution in [1.29, 1.82) is 0 Å². The zero-order valence-electron chi connectivity index (χ0n) is 19.3. The Bertz CT molecular complexity index is 785. The number of hydrogen-bond acceptors (Lipinski definition) is 5. The molecule has 2 fully saturated rings. The van der Waals surface area contributed by atoms with Crippen molar-refractivity contribution in [2.75, 3.05) is 33.3 Å². The van der Waals surface area contributed by atoms with Crippen LogP contribution in [0, 0.1) is 19.8 Å². The number of likely N-dealkylation sites (tertiary alicyclic amines) is 2. The molecule has 6 heteroatoms. The highest BCUT2D eigenvalue weighted by molar-refractivity contribution is 5.72. The lowest BCUT2D eigenvalue weighted by Crippen LogP contribution is -2.50. The minimum Gasteiger partial charge on any atom is -0.469 e. The number of hydrogen-bond donors (Lipinski definition) is 0. The van der Waals surface area contributed by atoms with Gasteiger partial charge >= 0.3 is 12.1 Å². The summed E-state index contributed by atoms with van der Waals surface area (Å²) in [6, 6.07) is 4.59. The van der Waals surface area contributed by atoms with Crippen molar-refractivity contribution in [1.82, 2.24) is 9.80 Å². The Morgan fingerprint density at radius 3 is 2.27 bits per heavy atom. The van der Waals surface area contributed by atoms with E-state index in [1.807, 2.05) is 20.8 Å². The molecule has 3 rings (SSSR count). The molecule has 0 unspecified atom stereocenters. The van der Waals surface area contributed by atoms with Crippen molar-refractivity contribution < 1.29 is 19.1 Å². The van der Waals surface area contributed by atoms with Crippen LogP contribution in [0.1, 0.15) is 61.8 Å². The second-order valence-electron chi connectivity index (χ2n) is 9.79. The summed E-state index contributed by atoms with van der Waals surface area (Å²) in [5.41, 5.74) is 4.80. The van der Waals surface area contributed by atoms with Gasteiger partial charge in [-0.05, 0) is 82.8 Å². The van der Waals surface area contributed by atoms with Crippen LogP contribution in [0.2, 0.25) is 0 Å². The largest absolute Gasteiger partial charge is 0.469 e. The average Bonchev–Trinajstić information content (AvgIpc) is 2.62. The number of amides is 1. The van der Waals surface area contributed by atoms with Gasteiger partial charge in [-0.15, -0.1) is 0 Å². The fourth-order valence-corrected chi connectivity index (χ4v) is 4.39.